The average Bonchev–Trinajstić information content (AvgIpc) is 3.47. The zero-order valence-electron chi connectivity index (χ0n) is 17.2. The molecule has 0 saturated heterocycles. The molecular formula is C24H21FN4O2. The highest BCUT2D eigenvalue weighted by atomic mass is 19.1. The van der Waals surface area contributed by atoms with Gasteiger partial charge in [0.1, 0.15) is 11.5 Å². The van der Waals surface area contributed by atoms with Gasteiger partial charge < -0.3 is 5.32 Å². The topological polar surface area (TPSA) is 68.9 Å². The van der Waals surface area contributed by atoms with E-state index in [1.807, 2.05) is 13.0 Å². The van der Waals surface area contributed by atoms with Crippen LogP contribution < -0.4 is 10.9 Å². The number of amides is 1. The molecule has 7 heteroatoms. The van der Waals surface area contributed by atoms with Crippen molar-refractivity contribution in [1.82, 2.24) is 19.7 Å². The summed E-state index contributed by atoms with van der Waals surface area (Å²) in [5.41, 5.74) is 3.75. The van der Waals surface area contributed by atoms with Crippen LogP contribution in [0.5, 0.6) is 0 Å². The molecule has 1 fully saturated rings. The van der Waals surface area contributed by atoms with E-state index in [1.165, 1.54) is 16.7 Å². The van der Waals surface area contributed by atoms with E-state index in [4.69, 9.17) is 0 Å². The van der Waals surface area contributed by atoms with Gasteiger partial charge in [0.15, 0.2) is 0 Å². The minimum absolute atomic E-state index is 0.120. The largest absolute Gasteiger partial charge is 0.349 e. The molecule has 0 spiro atoms. The Bertz CT molecular complexity index is 1380. The van der Waals surface area contributed by atoms with E-state index in [0.29, 0.717) is 22.5 Å². The summed E-state index contributed by atoms with van der Waals surface area (Å²) in [6, 6.07) is 13.4. The number of nitrogens with zero attached hydrogens (tertiary/aromatic N) is 3. The highest BCUT2D eigenvalue weighted by Gasteiger charge is 2.24. The Balaban J connectivity index is 1.63. The monoisotopic (exact) mass is 416 g/mol. The number of aryl methyl sites for hydroxylation is 2. The van der Waals surface area contributed by atoms with E-state index >= 15 is 0 Å². The first-order chi connectivity index (χ1) is 14.9. The number of halogens is 1. The van der Waals surface area contributed by atoms with Crippen molar-refractivity contribution in [3.05, 3.63) is 82.0 Å². The summed E-state index contributed by atoms with van der Waals surface area (Å²) < 4.78 is 16.5. The maximum absolute atomic E-state index is 13.3. The fraction of sp³-hybridized carbons (Fsp3) is 0.208. The van der Waals surface area contributed by atoms with Crippen LogP contribution in [0, 0.1) is 12.7 Å². The van der Waals surface area contributed by atoms with Gasteiger partial charge in [-0.05, 0) is 73.4 Å². The summed E-state index contributed by atoms with van der Waals surface area (Å²) in [4.78, 5) is 25.8. The molecule has 0 bridgehead atoms. The molecule has 4 aromatic rings. The van der Waals surface area contributed by atoms with Crippen molar-refractivity contribution < 1.29 is 9.18 Å². The van der Waals surface area contributed by atoms with Crippen molar-refractivity contribution in [2.45, 2.75) is 25.8 Å². The fourth-order valence-electron chi connectivity index (χ4n) is 3.80. The van der Waals surface area contributed by atoms with Crippen LogP contribution in [-0.4, -0.2) is 26.3 Å². The van der Waals surface area contributed by atoms with Crippen LogP contribution in [0.15, 0.2) is 59.5 Å². The molecule has 2 aromatic heterocycles. The van der Waals surface area contributed by atoms with Gasteiger partial charge in [-0.25, -0.2) is 9.07 Å². The number of nitrogens with one attached hydrogen (secondary N) is 1. The predicted molar refractivity (Wildman–Crippen MR) is 117 cm³/mol. The second-order valence-electron chi connectivity index (χ2n) is 8.01. The molecule has 1 saturated carbocycles. The summed E-state index contributed by atoms with van der Waals surface area (Å²) in [5, 5.41) is 8.17. The number of aromatic nitrogens is 3. The molecule has 31 heavy (non-hydrogen) atoms. The number of benzene rings is 2. The van der Waals surface area contributed by atoms with Crippen molar-refractivity contribution in [3.63, 3.8) is 0 Å². The quantitative estimate of drug-likeness (QED) is 0.551. The number of carbonyl (C=O) groups excluding carboxylic acids is 1. The van der Waals surface area contributed by atoms with Gasteiger partial charge in [0.05, 0.1) is 11.9 Å². The van der Waals surface area contributed by atoms with Crippen molar-refractivity contribution in [3.8, 4) is 16.8 Å². The van der Waals surface area contributed by atoms with Gasteiger partial charge in [-0.15, -0.1) is 0 Å². The molecule has 1 N–H and O–H groups in total. The summed E-state index contributed by atoms with van der Waals surface area (Å²) in [5.74, 6) is -0.455. The van der Waals surface area contributed by atoms with Crippen molar-refractivity contribution >= 4 is 16.9 Å². The van der Waals surface area contributed by atoms with Crippen LogP contribution in [0.1, 0.15) is 28.8 Å². The number of fused-ring (bicyclic) bond motifs is 1. The lowest BCUT2D eigenvalue weighted by molar-refractivity contribution is 0.0951. The number of pyridine rings is 1. The molecule has 1 aliphatic rings. The number of hydrogen-bond donors (Lipinski definition) is 1. The van der Waals surface area contributed by atoms with E-state index in [-0.39, 0.29) is 23.3 Å². The Morgan fingerprint density at radius 1 is 1.10 bits per heavy atom. The average molecular weight is 416 g/mol. The zero-order valence-corrected chi connectivity index (χ0v) is 17.2. The second-order valence-corrected chi connectivity index (χ2v) is 8.01. The Morgan fingerprint density at radius 2 is 1.84 bits per heavy atom. The van der Waals surface area contributed by atoms with E-state index in [2.05, 4.69) is 10.4 Å². The van der Waals surface area contributed by atoms with Gasteiger partial charge in [-0.3, -0.25) is 14.2 Å². The summed E-state index contributed by atoms with van der Waals surface area (Å²) in [6.07, 6.45) is 3.71. The van der Waals surface area contributed by atoms with Crippen molar-refractivity contribution in [2.24, 2.45) is 7.05 Å². The highest BCUT2D eigenvalue weighted by molar-refractivity contribution is 5.96. The SMILES string of the molecule is Cc1ccc(C(=O)NC2CC2)cc1-c1cc2cnn(-c3ccc(F)cc3)c2n(C)c1=O. The minimum Gasteiger partial charge on any atom is -0.349 e. The maximum Gasteiger partial charge on any atom is 0.259 e. The fourth-order valence-corrected chi connectivity index (χ4v) is 3.80. The number of hydrogen-bond acceptors (Lipinski definition) is 3. The van der Waals surface area contributed by atoms with Gasteiger partial charge in [0.25, 0.3) is 11.5 Å². The first-order valence-electron chi connectivity index (χ1n) is 10.2. The predicted octanol–water partition coefficient (Wildman–Crippen LogP) is 3.73. The molecule has 156 valence electrons. The smallest absolute Gasteiger partial charge is 0.259 e. The third-order valence-corrected chi connectivity index (χ3v) is 5.70. The lowest BCUT2D eigenvalue weighted by Gasteiger charge is -2.12. The van der Waals surface area contributed by atoms with Gasteiger partial charge in [0, 0.05) is 29.6 Å². The Hall–Kier alpha value is -3.74. The normalized spacial score (nSPS) is 13.5. The zero-order chi connectivity index (χ0) is 21.7. The third kappa shape index (κ3) is 3.42. The Kier molecular flexibility index (Phi) is 4.46. The molecule has 5 rings (SSSR count). The minimum atomic E-state index is -0.336. The van der Waals surface area contributed by atoms with E-state index in [9.17, 15) is 14.0 Å². The summed E-state index contributed by atoms with van der Waals surface area (Å²) in [7, 11) is 1.69. The molecule has 1 amide bonds. The highest BCUT2D eigenvalue weighted by Crippen LogP contribution is 2.27. The number of rotatable bonds is 4. The first kappa shape index (κ1) is 19.2. The maximum atomic E-state index is 13.3. The van der Waals surface area contributed by atoms with Crippen molar-refractivity contribution in [2.75, 3.05) is 0 Å². The second kappa shape index (κ2) is 7.19. The molecule has 0 aliphatic heterocycles. The van der Waals surface area contributed by atoms with E-state index in [1.54, 1.807) is 48.3 Å². The van der Waals surface area contributed by atoms with E-state index < -0.39 is 0 Å². The van der Waals surface area contributed by atoms with Gasteiger partial charge in [0.2, 0.25) is 0 Å². The third-order valence-electron chi connectivity index (χ3n) is 5.70. The van der Waals surface area contributed by atoms with Crippen LogP contribution >= 0.6 is 0 Å². The molecule has 2 aromatic carbocycles. The van der Waals surface area contributed by atoms with Crippen LogP contribution in [0.25, 0.3) is 27.8 Å². The van der Waals surface area contributed by atoms with Crippen LogP contribution in [0.4, 0.5) is 4.39 Å². The lowest BCUT2D eigenvalue weighted by atomic mass is 9.98. The Labute approximate surface area is 177 Å². The molecule has 0 atom stereocenters. The van der Waals surface area contributed by atoms with Crippen molar-refractivity contribution in [1.29, 1.82) is 0 Å². The van der Waals surface area contributed by atoms with Crippen LogP contribution in [0.2, 0.25) is 0 Å². The van der Waals surface area contributed by atoms with E-state index in [0.717, 1.165) is 29.4 Å². The first-order valence-corrected chi connectivity index (χ1v) is 10.2. The molecule has 6 nitrogen and oxygen atoms in total. The standard InChI is InChI=1S/C24H21FN4O2/c1-14-3-4-15(22(30)27-18-7-8-18)11-20(14)21-12-16-13-26-29(23(16)28(2)24(21)31)19-9-5-17(25)6-10-19/h3-6,9-13,18H,7-8H2,1-2H3,(H,27,30). The number of carbonyl (C=O) groups is 1. The van der Waals surface area contributed by atoms with Crippen LogP contribution in [-0.2, 0) is 7.05 Å². The molecule has 0 radical (unpaired) electrons. The van der Waals surface area contributed by atoms with Gasteiger partial charge in [-0.1, -0.05) is 6.07 Å². The summed E-state index contributed by atoms with van der Waals surface area (Å²) in [6.45, 7) is 1.92. The van der Waals surface area contributed by atoms with Gasteiger partial charge in [-0.2, -0.15) is 5.10 Å². The molecule has 2 heterocycles. The summed E-state index contributed by atoms with van der Waals surface area (Å²) >= 11 is 0. The molecular weight excluding hydrogens is 395 g/mol. The molecule has 0 unspecified atom stereocenters. The van der Waals surface area contributed by atoms with Gasteiger partial charge >= 0.3 is 0 Å². The van der Waals surface area contributed by atoms with Crippen LogP contribution in [0.3, 0.4) is 0 Å². The molecule has 1 aliphatic carbocycles. The Morgan fingerprint density at radius 3 is 2.55 bits per heavy atom. The lowest BCUT2D eigenvalue weighted by Crippen LogP contribution is -2.25.